The van der Waals surface area contributed by atoms with Crippen LogP contribution in [0.5, 0.6) is 0 Å². The van der Waals surface area contributed by atoms with E-state index < -0.39 is 0 Å². The van der Waals surface area contributed by atoms with Crippen molar-refractivity contribution in [2.45, 2.75) is 0 Å². The fraction of sp³-hybridized carbons (Fsp3) is 0.0952. The first kappa shape index (κ1) is 16.8. The van der Waals surface area contributed by atoms with Crippen molar-refractivity contribution in [1.82, 2.24) is 15.0 Å². The second-order valence-electron chi connectivity index (χ2n) is 6.44. The van der Waals surface area contributed by atoms with Crippen LogP contribution in [0.2, 0.25) is 0 Å². The highest BCUT2D eigenvalue weighted by atomic mass is 16.1. The minimum absolute atomic E-state index is 0.139. The van der Waals surface area contributed by atoms with Gasteiger partial charge in [-0.25, -0.2) is 9.97 Å². The molecule has 27 heavy (non-hydrogen) atoms. The highest BCUT2D eigenvalue weighted by molar-refractivity contribution is 6.04. The van der Waals surface area contributed by atoms with Gasteiger partial charge in [-0.2, -0.15) is 0 Å². The number of hydrogen-bond acceptors (Lipinski definition) is 4. The first-order valence-corrected chi connectivity index (χ1v) is 8.60. The van der Waals surface area contributed by atoms with E-state index in [4.69, 9.17) is 0 Å². The molecule has 0 bridgehead atoms. The van der Waals surface area contributed by atoms with Crippen LogP contribution in [0.1, 0.15) is 10.4 Å². The normalized spacial score (nSPS) is 10.7. The average molecular weight is 357 g/mol. The van der Waals surface area contributed by atoms with Crippen LogP contribution in [-0.2, 0) is 0 Å². The summed E-state index contributed by atoms with van der Waals surface area (Å²) in [6.07, 6.45) is 1.72. The van der Waals surface area contributed by atoms with Crippen LogP contribution in [0.15, 0.2) is 66.9 Å². The second-order valence-corrected chi connectivity index (χ2v) is 6.44. The number of carbonyl (C=O) groups excluding carboxylic acids is 1. The van der Waals surface area contributed by atoms with E-state index in [9.17, 15) is 4.79 Å². The minimum Gasteiger partial charge on any atom is -0.378 e. The molecule has 0 unspecified atom stereocenters. The number of nitrogens with zero attached hydrogens (tertiary/aromatic N) is 3. The molecule has 1 amide bonds. The number of aromatic amines is 1. The molecule has 0 saturated carbocycles. The molecule has 0 saturated heterocycles. The van der Waals surface area contributed by atoms with E-state index in [1.165, 1.54) is 0 Å². The van der Waals surface area contributed by atoms with E-state index in [-0.39, 0.29) is 5.91 Å². The van der Waals surface area contributed by atoms with Gasteiger partial charge in [-0.05, 0) is 54.6 Å². The zero-order valence-corrected chi connectivity index (χ0v) is 15.1. The monoisotopic (exact) mass is 357 g/mol. The van der Waals surface area contributed by atoms with Gasteiger partial charge < -0.3 is 15.2 Å². The van der Waals surface area contributed by atoms with Gasteiger partial charge in [-0.15, -0.1) is 0 Å². The molecule has 0 aliphatic heterocycles. The lowest BCUT2D eigenvalue weighted by molar-refractivity contribution is 0.102. The van der Waals surface area contributed by atoms with Crippen LogP contribution in [0.25, 0.3) is 22.6 Å². The molecule has 0 atom stereocenters. The number of fused-ring (bicyclic) bond motifs is 1. The van der Waals surface area contributed by atoms with Crippen molar-refractivity contribution in [3.63, 3.8) is 0 Å². The molecule has 6 heteroatoms. The van der Waals surface area contributed by atoms with Gasteiger partial charge in [0, 0.05) is 42.8 Å². The first-order chi connectivity index (χ1) is 13.1. The van der Waals surface area contributed by atoms with Crippen LogP contribution >= 0.6 is 0 Å². The standard InChI is InChI=1S/C21H19N5O/c1-26(2)17-6-3-5-15(13-17)21(27)23-16-10-8-14(9-11-16)19-24-18-7-4-12-22-20(18)25-19/h3-13H,1-2H3,(H,23,27)(H,22,24,25). The third-order valence-electron chi connectivity index (χ3n) is 4.30. The van der Waals surface area contributed by atoms with E-state index in [1.54, 1.807) is 12.3 Å². The smallest absolute Gasteiger partial charge is 0.255 e. The van der Waals surface area contributed by atoms with Gasteiger partial charge in [0.1, 0.15) is 5.82 Å². The first-order valence-electron chi connectivity index (χ1n) is 8.60. The molecule has 2 N–H and O–H groups in total. The maximum absolute atomic E-state index is 12.5. The summed E-state index contributed by atoms with van der Waals surface area (Å²) in [5.41, 5.74) is 4.84. The number of amides is 1. The number of benzene rings is 2. The van der Waals surface area contributed by atoms with Crippen molar-refractivity contribution in [2.24, 2.45) is 0 Å². The summed E-state index contributed by atoms with van der Waals surface area (Å²) in [5.74, 6) is 0.611. The van der Waals surface area contributed by atoms with Crippen molar-refractivity contribution >= 4 is 28.4 Å². The topological polar surface area (TPSA) is 73.9 Å². The number of H-pyrrole nitrogens is 1. The molecule has 0 fully saturated rings. The fourth-order valence-corrected chi connectivity index (χ4v) is 2.82. The van der Waals surface area contributed by atoms with E-state index in [0.29, 0.717) is 11.2 Å². The minimum atomic E-state index is -0.139. The summed E-state index contributed by atoms with van der Waals surface area (Å²) in [7, 11) is 3.90. The predicted molar refractivity (Wildman–Crippen MR) is 108 cm³/mol. The molecular formula is C21H19N5O. The number of anilines is 2. The van der Waals surface area contributed by atoms with Crippen molar-refractivity contribution in [1.29, 1.82) is 0 Å². The third kappa shape index (κ3) is 3.50. The molecule has 4 rings (SSSR count). The lowest BCUT2D eigenvalue weighted by Crippen LogP contribution is -2.14. The lowest BCUT2D eigenvalue weighted by Gasteiger charge is -2.13. The third-order valence-corrected chi connectivity index (χ3v) is 4.30. The summed E-state index contributed by atoms with van der Waals surface area (Å²) in [4.78, 5) is 26.4. The Morgan fingerprint density at radius 1 is 1.04 bits per heavy atom. The molecule has 2 heterocycles. The number of imidazole rings is 1. The highest BCUT2D eigenvalue weighted by Crippen LogP contribution is 2.22. The Bertz CT molecular complexity index is 1070. The molecule has 4 aromatic rings. The summed E-state index contributed by atoms with van der Waals surface area (Å²) >= 11 is 0. The summed E-state index contributed by atoms with van der Waals surface area (Å²) in [5, 5.41) is 2.93. The van der Waals surface area contributed by atoms with Gasteiger partial charge >= 0.3 is 0 Å². The summed E-state index contributed by atoms with van der Waals surface area (Å²) in [6.45, 7) is 0. The van der Waals surface area contributed by atoms with Gasteiger partial charge in [0.05, 0.1) is 5.52 Å². The fourth-order valence-electron chi connectivity index (χ4n) is 2.82. The Morgan fingerprint density at radius 2 is 1.85 bits per heavy atom. The van der Waals surface area contributed by atoms with Crippen LogP contribution in [-0.4, -0.2) is 35.0 Å². The molecule has 0 aliphatic rings. The Morgan fingerprint density at radius 3 is 2.59 bits per heavy atom. The van der Waals surface area contributed by atoms with E-state index in [2.05, 4.69) is 20.3 Å². The van der Waals surface area contributed by atoms with Crippen LogP contribution < -0.4 is 10.2 Å². The van der Waals surface area contributed by atoms with Gasteiger partial charge in [-0.3, -0.25) is 4.79 Å². The number of carbonyl (C=O) groups is 1. The molecule has 0 spiro atoms. The number of hydrogen-bond donors (Lipinski definition) is 2. The van der Waals surface area contributed by atoms with Crippen molar-refractivity contribution < 1.29 is 4.79 Å². The highest BCUT2D eigenvalue weighted by Gasteiger charge is 2.09. The Hall–Kier alpha value is -3.67. The van der Waals surface area contributed by atoms with Crippen molar-refractivity contribution in [3.8, 4) is 11.4 Å². The van der Waals surface area contributed by atoms with Gasteiger partial charge in [0.25, 0.3) is 5.91 Å². The van der Waals surface area contributed by atoms with E-state index >= 15 is 0 Å². The molecule has 2 aromatic heterocycles. The van der Waals surface area contributed by atoms with E-state index in [0.717, 1.165) is 28.3 Å². The zero-order valence-electron chi connectivity index (χ0n) is 15.1. The molecular weight excluding hydrogens is 338 g/mol. The van der Waals surface area contributed by atoms with Crippen molar-refractivity contribution in [2.75, 3.05) is 24.3 Å². The van der Waals surface area contributed by atoms with Gasteiger partial charge in [-0.1, -0.05) is 6.07 Å². The second kappa shape index (κ2) is 6.92. The summed E-state index contributed by atoms with van der Waals surface area (Å²) < 4.78 is 0. The molecule has 134 valence electrons. The number of nitrogens with one attached hydrogen (secondary N) is 2. The predicted octanol–water partition coefficient (Wildman–Crippen LogP) is 3.94. The van der Waals surface area contributed by atoms with Gasteiger partial charge in [0.15, 0.2) is 5.65 Å². The average Bonchev–Trinajstić information content (AvgIpc) is 3.13. The number of aromatic nitrogens is 3. The van der Waals surface area contributed by atoms with Gasteiger partial charge in [0.2, 0.25) is 0 Å². The van der Waals surface area contributed by atoms with Crippen molar-refractivity contribution in [3.05, 3.63) is 72.4 Å². The summed E-state index contributed by atoms with van der Waals surface area (Å²) in [6, 6.07) is 18.9. The Labute approximate surface area is 156 Å². The quantitative estimate of drug-likeness (QED) is 0.580. The van der Waals surface area contributed by atoms with Crippen LogP contribution in [0.3, 0.4) is 0 Å². The number of rotatable bonds is 4. The zero-order chi connectivity index (χ0) is 18.8. The van der Waals surface area contributed by atoms with Crippen LogP contribution in [0, 0.1) is 0 Å². The molecule has 0 aliphatic carbocycles. The Balaban J connectivity index is 1.52. The molecule has 2 aromatic carbocycles. The molecule has 0 radical (unpaired) electrons. The maximum atomic E-state index is 12.5. The SMILES string of the molecule is CN(C)c1cccc(C(=O)Nc2ccc(-c3nc4ncccc4[nH]3)cc2)c1. The van der Waals surface area contributed by atoms with Crippen LogP contribution in [0.4, 0.5) is 11.4 Å². The Kier molecular flexibility index (Phi) is 4.30. The van der Waals surface area contributed by atoms with E-state index in [1.807, 2.05) is 73.6 Å². The number of pyridine rings is 1. The lowest BCUT2D eigenvalue weighted by atomic mass is 10.1. The maximum Gasteiger partial charge on any atom is 0.255 e. The molecule has 6 nitrogen and oxygen atoms in total. The largest absolute Gasteiger partial charge is 0.378 e.